The van der Waals surface area contributed by atoms with Crippen LogP contribution in [0.2, 0.25) is 5.02 Å². The van der Waals surface area contributed by atoms with Crippen LogP contribution in [-0.2, 0) is 6.18 Å². The smallest absolute Gasteiger partial charge is 0.433 e. The maximum atomic E-state index is 13.1. The number of pyridine rings is 1. The first-order valence-corrected chi connectivity index (χ1v) is 6.83. The van der Waals surface area contributed by atoms with Gasteiger partial charge in [-0.25, -0.2) is 4.98 Å². The topological polar surface area (TPSA) is 22.1 Å². The van der Waals surface area contributed by atoms with Crippen molar-refractivity contribution in [2.75, 3.05) is 0 Å². The number of alkyl halides is 3. The molecular formula is C15H11ClF3NO. The van der Waals surface area contributed by atoms with E-state index in [1.807, 2.05) is 0 Å². The highest BCUT2D eigenvalue weighted by Crippen LogP contribution is 2.45. The van der Waals surface area contributed by atoms with Crippen molar-refractivity contribution >= 4 is 11.6 Å². The number of hydrogen-bond donors (Lipinski definition) is 0. The maximum Gasteiger partial charge on any atom is 0.433 e. The van der Waals surface area contributed by atoms with Gasteiger partial charge in [-0.3, -0.25) is 0 Å². The maximum absolute atomic E-state index is 13.1. The van der Waals surface area contributed by atoms with Gasteiger partial charge in [-0.2, -0.15) is 13.2 Å². The molecule has 0 amide bonds. The Kier molecular flexibility index (Phi) is 3.53. The fraction of sp³-hybridized carbons (Fsp3) is 0.267. The molecule has 1 aliphatic rings. The first-order valence-electron chi connectivity index (χ1n) is 6.45. The summed E-state index contributed by atoms with van der Waals surface area (Å²) in [6.45, 7) is 0. The standard InChI is InChI=1S/C15H11ClF3NO/c16-10-3-5-11(6-4-10)21-13-8-7-12(9-1-2-9)14(20-13)15(17,18)19/h3-9H,1-2H2. The Morgan fingerprint density at radius 1 is 1.05 bits per heavy atom. The summed E-state index contributed by atoms with van der Waals surface area (Å²) >= 11 is 5.74. The van der Waals surface area contributed by atoms with Crippen LogP contribution < -0.4 is 4.74 Å². The average molecular weight is 314 g/mol. The summed E-state index contributed by atoms with van der Waals surface area (Å²) in [5.41, 5.74) is -0.595. The second kappa shape index (κ2) is 5.22. The Balaban J connectivity index is 1.91. The van der Waals surface area contributed by atoms with Crippen molar-refractivity contribution in [3.8, 4) is 11.6 Å². The van der Waals surface area contributed by atoms with E-state index in [0.29, 0.717) is 10.8 Å². The molecule has 1 heterocycles. The lowest BCUT2D eigenvalue weighted by Crippen LogP contribution is -2.12. The van der Waals surface area contributed by atoms with Gasteiger partial charge in [-0.1, -0.05) is 17.7 Å². The Hall–Kier alpha value is -1.75. The molecule has 0 spiro atoms. The molecule has 3 rings (SSSR count). The minimum absolute atomic E-state index is 0.0290. The molecular weight excluding hydrogens is 303 g/mol. The molecule has 6 heteroatoms. The molecule has 1 aliphatic carbocycles. The third-order valence-electron chi connectivity index (χ3n) is 3.22. The molecule has 0 aliphatic heterocycles. The lowest BCUT2D eigenvalue weighted by atomic mass is 10.1. The molecule has 0 unspecified atom stereocenters. The molecule has 0 saturated heterocycles. The summed E-state index contributed by atoms with van der Waals surface area (Å²) < 4.78 is 44.6. The summed E-state index contributed by atoms with van der Waals surface area (Å²) in [6, 6.07) is 9.27. The molecule has 2 aromatic rings. The number of benzene rings is 1. The van der Waals surface area contributed by atoms with Gasteiger partial charge in [-0.05, 0) is 48.6 Å². The van der Waals surface area contributed by atoms with Crippen molar-refractivity contribution in [3.05, 3.63) is 52.7 Å². The van der Waals surface area contributed by atoms with Crippen molar-refractivity contribution in [1.82, 2.24) is 4.98 Å². The van der Waals surface area contributed by atoms with Crippen LogP contribution in [0.5, 0.6) is 11.6 Å². The Morgan fingerprint density at radius 3 is 2.29 bits per heavy atom. The predicted octanol–water partition coefficient (Wildman–Crippen LogP) is 5.42. The van der Waals surface area contributed by atoms with Crippen molar-refractivity contribution in [2.24, 2.45) is 0 Å². The Bertz CT molecular complexity index is 651. The molecule has 1 aromatic carbocycles. The average Bonchev–Trinajstić information content (AvgIpc) is 3.25. The van der Waals surface area contributed by atoms with Gasteiger partial charge in [0.05, 0.1) is 0 Å². The van der Waals surface area contributed by atoms with Crippen LogP contribution in [0.15, 0.2) is 36.4 Å². The Morgan fingerprint density at radius 2 is 1.71 bits per heavy atom. The van der Waals surface area contributed by atoms with Crippen LogP contribution in [0.1, 0.15) is 30.0 Å². The number of halogens is 4. The minimum Gasteiger partial charge on any atom is -0.439 e. The summed E-state index contributed by atoms with van der Waals surface area (Å²) in [5, 5.41) is 0.523. The molecule has 0 atom stereocenters. The van der Waals surface area contributed by atoms with E-state index in [9.17, 15) is 13.2 Å². The second-order valence-electron chi connectivity index (χ2n) is 4.92. The second-order valence-corrected chi connectivity index (χ2v) is 5.35. The molecule has 21 heavy (non-hydrogen) atoms. The molecule has 110 valence electrons. The fourth-order valence-electron chi connectivity index (χ4n) is 2.08. The number of hydrogen-bond acceptors (Lipinski definition) is 2. The van der Waals surface area contributed by atoms with Gasteiger partial charge in [-0.15, -0.1) is 0 Å². The SMILES string of the molecule is FC(F)(F)c1nc(Oc2ccc(Cl)cc2)ccc1C1CC1. The zero-order chi connectivity index (χ0) is 15.0. The molecule has 1 aromatic heterocycles. The van der Waals surface area contributed by atoms with E-state index in [4.69, 9.17) is 16.3 Å². The van der Waals surface area contributed by atoms with Gasteiger partial charge in [0.2, 0.25) is 5.88 Å². The number of rotatable bonds is 3. The first kappa shape index (κ1) is 14.2. The van der Waals surface area contributed by atoms with Gasteiger partial charge < -0.3 is 4.74 Å². The lowest BCUT2D eigenvalue weighted by molar-refractivity contribution is -0.142. The highest BCUT2D eigenvalue weighted by atomic mass is 35.5. The summed E-state index contributed by atoms with van der Waals surface area (Å²) in [6.07, 6.45) is -2.92. The van der Waals surface area contributed by atoms with E-state index in [2.05, 4.69) is 4.98 Å². The molecule has 0 bridgehead atoms. The van der Waals surface area contributed by atoms with Crippen LogP contribution in [0.4, 0.5) is 13.2 Å². The molecule has 1 saturated carbocycles. The molecule has 0 N–H and O–H groups in total. The summed E-state index contributed by atoms with van der Waals surface area (Å²) in [4.78, 5) is 3.64. The van der Waals surface area contributed by atoms with Gasteiger partial charge in [0.25, 0.3) is 0 Å². The van der Waals surface area contributed by atoms with Crippen LogP contribution in [0.25, 0.3) is 0 Å². The predicted molar refractivity (Wildman–Crippen MR) is 72.7 cm³/mol. The van der Waals surface area contributed by atoms with E-state index in [1.165, 1.54) is 12.1 Å². The largest absolute Gasteiger partial charge is 0.439 e. The van der Waals surface area contributed by atoms with Gasteiger partial charge in [0.15, 0.2) is 5.69 Å². The van der Waals surface area contributed by atoms with E-state index < -0.39 is 11.9 Å². The van der Waals surface area contributed by atoms with Gasteiger partial charge in [0, 0.05) is 11.1 Å². The van der Waals surface area contributed by atoms with Gasteiger partial charge in [0.1, 0.15) is 5.75 Å². The van der Waals surface area contributed by atoms with E-state index in [0.717, 1.165) is 12.8 Å². The van der Waals surface area contributed by atoms with Crippen LogP contribution in [-0.4, -0.2) is 4.98 Å². The van der Waals surface area contributed by atoms with Crippen molar-refractivity contribution in [2.45, 2.75) is 24.9 Å². The monoisotopic (exact) mass is 313 g/mol. The summed E-state index contributed by atoms with van der Waals surface area (Å²) in [7, 11) is 0. The normalized spacial score (nSPS) is 15.0. The summed E-state index contributed by atoms with van der Waals surface area (Å²) in [5.74, 6) is 0.284. The minimum atomic E-state index is -4.47. The fourth-order valence-corrected chi connectivity index (χ4v) is 2.21. The quantitative estimate of drug-likeness (QED) is 0.754. The molecule has 2 nitrogen and oxygen atoms in total. The third-order valence-corrected chi connectivity index (χ3v) is 3.47. The van der Waals surface area contributed by atoms with Crippen LogP contribution >= 0.6 is 11.6 Å². The van der Waals surface area contributed by atoms with Crippen LogP contribution in [0, 0.1) is 0 Å². The highest BCUT2D eigenvalue weighted by Gasteiger charge is 2.40. The highest BCUT2D eigenvalue weighted by molar-refractivity contribution is 6.30. The molecule has 1 fully saturated rings. The zero-order valence-electron chi connectivity index (χ0n) is 10.8. The van der Waals surface area contributed by atoms with E-state index >= 15 is 0 Å². The first-order chi connectivity index (χ1) is 9.93. The zero-order valence-corrected chi connectivity index (χ0v) is 11.6. The van der Waals surface area contributed by atoms with E-state index in [-0.39, 0.29) is 17.4 Å². The van der Waals surface area contributed by atoms with Crippen LogP contribution in [0.3, 0.4) is 0 Å². The number of aromatic nitrogens is 1. The van der Waals surface area contributed by atoms with Crippen molar-refractivity contribution < 1.29 is 17.9 Å². The lowest BCUT2D eigenvalue weighted by Gasteiger charge is -2.13. The number of nitrogens with zero attached hydrogens (tertiary/aromatic N) is 1. The van der Waals surface area contributed by atoms with E-state index in [1.54, 1.807) is 24.3 Å². The third kappa shape index (κ3) is 3.29. The van der Waals surface area contributed by atoms with Gasteiger partial charge >= 0.3 is 6.18 Å². The van der Waals surface area contributed by atoms with Crippen molar-refractivity contribution in [1.29, 1.82) is 0 Å². The number of ether oxygens (including phenoxy) is 1. The molecule has 0 radical (unpaired) electrons. The van der Waals surface area contributed by atoms with Crippen molar-refractivity contribution in [3.63, 3.8) is 0 Å². The Labute approximate surface area is 124 Å².